The number of nitrogens with one attached hydrogen (secondary N) is 4. The normalized spacial score (nSPS) is 19.7. The van der Waals surface area contributed by atoms with Gasteiger partial charge in [0.25, 0.3) is 0 Å². The van der Waals surface area contributed by atoms with Crippen LogP contribution >= 0.6 is 0 Å². The molecule has 2 atom stereocenters. The van der Waals surface area contributed by atoms with Crippen LogP contribution in [-0.2, 0) is 9.59 Å². The van der Waals surface area contributed by atoms with Crippen molar-refractivity contribution >= 4 is 23.2 Å². The van der Waals surface area contributed by atoms with Crippen LogP contribution in [0, 0.1) is 5.92 Å². The van der Waals surface area contributed by atoms with Crippen molar-refractivity contribution in [2.45, 2.75) is 13.0 Å². The highest BCUT2D eigenvalue weighted by Crippen LogP contribution is 2.26. The maximum Gasteiger partial charge on any atom is 0.230 e. The van der Waals surface area contributed by atoms with Crippen molar-refractivity contribution in [1.29, 1.82) is 0 Å². The van der Waals surface area contributed by atoms with Crippen molar-refractivity contribution in [3.8, 4) is 0 Å². The van der Waals surface area contributed by atoms with Gasteiger partial charge in [0.15, 0.2) is 0 Å². The van der Waals surface area contributed by atoms with E-state index in [1.54, 1.807) is 24.3 Å². The quantitative estimate of drug-likeness (QED) is 0.694. The van der Waals surface area contributed by atoms with Crippen LogP contribution in [0.2, 0.25) is 0 Å². The third kappa shape index (κ3) is 3.79. The molecule has 2 aromatic rings. The van der Waals surface area contributed by atoms with Gasteiger partial charge in [0.05, 0.1) is 12.0 Å². The Morgan fingerprint density at radius 1 is 1.00 bits per heavy atom. The van der Waals surface area contributed by atoms with E-state index in [1.165, 1.54) is 6.92 Å². The Bertz CT molecular complexity index is 733. The molecule has 2 aromatic carbocycles. The van der Waals surface area contributed by atoms with E-state index < -0.39 is 0 Å². The average molecular weight is 324 g/mol. The summed E-state index contributed by atoms with van der Waals surface area (Å²) in [5.41, 5.74) is 8.59. The highest BCUT2D eigenvalue weighted by Gasteiger charge is 2.33. The maximum absolute atomic E-state index is 12.7. The predicted octanol–water partition coefficient (Wildman–Crippen LogP) is 2.05. The second kappa shape index (κ2) is 7.25. The summed E-state index contributed by atoms with van der Waals surface area (Å²) in [7, 11) is 0. The number of hydrogen-bond donors (Lipinski definition) is 4. The molecular formula is C18H20N4O2. The van der Waals surface area contributed by atoms with Crippen LogP contribution in [0.15, 0.2) is 54.6 Å². The van der Waals surface area contributed by atoms with Gasteiger partial charge in [-0.05, 0) is 23.8 Å². The number of hydrogen-bond acceptors (Lipinski definition) is 4. The summed E-state index contributed by atoms with van der Waals surface area (Å²) in [6, 6.07) is 16.9. The minimum Gasteiger partial charge on any atom is -0.326 e. The Hall–Kier alpha value is -2.70. The van der Waals surface area contributed by atoms with Crippen LogP contribution in [-0.4, -0.2) is 18.4 Å². The molecule has 6 heteroatoms. The third-order valence-electron chi connectivity index (χ3n) is 3.93. The molecule has 0 aromatic heterocycles. The summed E-state index contributed by atoms with van der Waals surface area (Å²) in [5, 5.41) is 5.63. The topological polar surface area (TPSA) is 82.3 Å². The molecule has 0 aliphatic carbocycles. The fourth-order valence-electron chi connectivity index (χ4n) is 2.83. The molecule has 1 saturated heterocycles. The number of carbonyl (C=O) groups excluding carboxylic acids is 2. The van der Waals surface area contributed by atoms with Crippen LogP contribution in [0.5, 0.6) is 0 Å². The fourth-order valence-corrected chi connectivity index (χ4v) is 2.83. The Kier molecular flexibility index (Phi) is 4.88. The van der Waals surface area contributed by atoms with Crippen LogP contribution in [0.4, 0.5) is 11.4 Å². The van der Waals surface area contributed by atoms with E-state index in [4.69, 9.17) is 0 Å². The number of rotatable bonds is 4. The van der Waals surface area contributed by atoms with Crippen molar-refractivity contribution < 1.29 is 9.59 Å². The second-order valence-electron chi connectivity index (χ2n) is 5.77. The SMILES string of the molecule is CC(=O)Nc1cccc(NC(=O)C2CNNC2c2ccccc2)c1. The van der Waals surface area contributed by atoms with Gasteiger partial charge in [-0.1, -0.05) is 36.4 Å². The van der Waals surface area contributed by atoms with Gasteiger partial charge in [0.1, 0.15) is 0 Å². The first-order valence-corrected chi connectivity index (χ1v) is 7.85. The average Bonchev–Trinajstić information content (AvgIpc) is 3.05. The molecule has 1 heterocycles. The van der Waals surface area contributed by atoms with Crippen LogP contribution < -0.4 is 21.5 Å². The van der Waals surface area contributed by atoms with E-state index in [2.05, 4.69) is 21.5 Å². The summed E-state index contributed by atoms with van der Waals surface area (Å²) in [4.78, 5) is 23.8. The molecule has 1 aliphatic heterocycles. The molecule has 124 valence electrons. The molecule has 0 radical (unpaired) electrons. The van der Waals surface area contributed by atoms with Gasteiger partial charge in [-0.2, -0.15) is 0 Å². The van der Waals surface area contributed by atoms with Crippen LogP contribution in [0.1, 0.15) is 18.5 Å². The second-order valence-corrected chi connectivity index (χ2v) is 5.77. The molecule has 1 fully saturated rings. The van der Waals surface area contributed by atoms with Gasteiger partial charge >= 0.3 is 0 Å². The van der Waals surface area contributed by atoms with E-state index in [-0.39, 0.29) is 23.8 Å². The van der Waals surface area contributed by atoms with Crippen molar-refractivity contribution in [3.05, 3.63) is 60.2 Å². The lowest BCUT2D eigenvalue weighted by Crippen LogP contribution is -2.29. The van der Waals surface area contributed by atoms with Gasteiger partial charge < -0.3 is 10.6 Å². The number of anilines is 2. The van der Waals surface area contributed by atoms with E-state index in [0.29, 0.717) is 17.9 Å². The van der Waals surface area contributed by atoms with Gasteiger partial charge in [0.2, 0.25) is 11.8 Å². The number of benzene rings is 2. The first-order chi connectivity index (χ1) is 11.6. The molecule has 24 heavy (non-hydrogen) atoms. The Morgan fingerprint density at radius 2 is 1.71 bits per heavy atom. The lowest BCUT2D eigenvalue weighted by molar-refractivity contribution is -0.119. The largest absolute Gasteiger partial charge is 0.326 e. The van der Waals surface area contributed by atoms with Gasteiger partial charge in [0, 0.05) is 24.8 Å². The smallest absolute Gasteiger partial charge is 0.230 e. The zero-order valence-corrected chi connectivity index (χ0v) is 13.4. The first kappa shape index (κ1) is 16.2. The summed E-state index contributed by atoms with van der Waals surface area (Å²) >= 11 is 0. The molecule has 2 unspecified atom stereocenters. The minimum absolute atomic E-state index is 0.0682. The number of carbonyl (C=O) groups is 2. The van der Waals surface area contributed by atoms with E-state index in [1.807, 2.05) is 30.3 Å². The van der Waals surface area contributed by atoms with Crippen molar-refractivity contribution in [2.75, 3.05) is 17.2 Å². The fraction of sp³-hybridized carbons (Fsp3) is 0.222. The predicted molar refractivity (Wildman–Crippen MR) is 93.2 cm³/mol. The van der Waals surface area contributed by atoms with Gasteiger partial charge in [-0.15, -0.1) is 0 Å². The molecule has 3 rings (SSSR count). The highest BCUT2D eigenvalue weighted by molar-refractivity contribution is 5.95. The highest BCUT2D eigenvalue weighted by atomic mass is 16.2. The zero-order valence-electron chi connectivity index (χ0n) is 13.4. The van der Waals surface area contributed by atoms with Gasteiger partial charge in [-0.3, -0.25) is 15.0 Å². The number of hydrazine groups is 1. The minimum atomic E-state index is -0.225. The van der Waals surface area contributed by atoms with E-state index in [9.17, 15) is 9.59 Å². The van der Waals surface area contributed by atoms with Crippen LogP contribution in [0.3, 0.4) is 0 Å². The van der Waals surface area contributed by atoms with E-state index >= 15 is 0 Å². The van der Waals surface area contributed by atoms with E-state index in [0.717, 1.165) is 5.56 Å². The molecule has 6 nitrogen and oxygen atoms in total. The maximum atomic E-state index is 12.7. The Labute approximate surface area is 140 Å². The molecule has 0 bridgehead atoms. The number of amides is 2. The van der Waals surface area contributed by atoms with Gasteiger partial charge in [-0.25, -0.2) is 5.43 Å². The molecule has 1 aliphatic rings. The monoisotopic (exact) mass is 324 g/mol. The standard InChI is InChI=1S/C18H20N4O2/c1-12(23)20-14-8-5-9-15(10-14)21-18(24)16-11-19-22-17(16)13-6-3-2-4-7-13/h2-10,16-17,19,22H,11H2,1H3,(H,20,23)(H,21,24). The Morgan fingerprint density at radius 3 is 2.42 bits per heavy atom. The summed E-state index contributed by atoms with van der Waals surface area (Å²) in [5.74, 6) is -0.440. The Balaban J connectivity index is 1.71. The summed E-state index contributed by atoms with van der Waals surface area (Å²) in [6.45, 7) is 2.00. The van der Waals surface area contributed by atoms with Crippen LogP contribution in [0.25, 0.3) is 0 Å². The van der Waals surface area contributed by atoms with Crippen molar-refractivity contribution in [1.82, 2.24) is 10.9 Å². The lowest BCUT2D eigenvalue weighted by Gasteiger charge is -2.18. The molecule has 0 saturated carbocycles. The summed E-state index contributed by atoms with van der Waals surface area (Å²) in [6.07, 6.45) is 0. The van der Waals surface area contributed by atoms with Crippen molar-refractivity contribution in [2.24, 2.45) is 5.92 Å². The molecule has 0 spiro atoms. The molecular weight excluding hydrogens is 304 g/mol. The lowest BCUT2D eigenvalue weighted by atomic mass is 9.94. The molecule has 2 amide bonds. The molecule has 4 N–H and O–H groups in total. The zero-order chi connectivity index (χ0) is 16.9. The third-order valence-corrected chi connectivity index (χ3v) is 3.93. The van der Waals surface area contributed by atoms with Crippen molar-refractivity contribution in [3.63, 3.8) is 0 Å². The first-order valence-electron chi connectivity index (χ1n) is 7.85. The summed E-state index contributed by atoms with van der Waals surface area (Å²) < 4.78 is 0.